The molecule has 3 aromatic rings. The third kappa shape index (κ3) is 6.45. The first-order valence-electron chi connectivity index (χ1n) is 11.5. The van der Waals surface area contributed by atoms with Gasteiger partial charge < -0.3 is 10.2 Å². The van der Waals surface area contributed by atoms with Crippen molar-refractivity contribution in [1.29, 1.82) is 0 Å². The third-order valence-corrected chi connectivity index (χ3v) is 7.47. The summed E-state index contributed by atoms with van der Waals surface area (Å²) in [5.74, 6) is -0.960. The van der Waals surface area contributed by atoms with Crippen LogP contribution in [0.25, 0.3) is 0 Å². The van der Waals surface area contributed by atoms with Crippen molar-refractivity contribution >= 4 is 21.6 Å². The van der Waals surface area contributed by atoms with Crippen LogP contribution in [0.1, 0.15) is 22.0 Å². The summed E-state index contributed by atoms with van der Waals surface area (Å²) in [4.78, 5) is 17.6. The van der Waals surface area contributed by atoms with Crippen LogP contribution in [0, 0.1) is 5.82 Å². The van der Waals surface area contributed by atoms with Gasteiger partial charge in [-0.05, 0) is 49.0 Å². The Kier molecular flexibility index (Phi) is 7.80. The lowest BCUT2D eigenvalue weighted by Crippen LogP contribution is -2.47. The predicted octanol–water partition coefficient (Wildman–Crippen LogP) is 3.35. The highest BCUT2D eigenvalue weighted by Gasteiger charge is 2.22. The van der Waals surface area contributed by atoms with E-state index in [0.717, 1.165) is 31.7 Å². The zero-order valence-electron chi connectivity index (χ0n) is 19.5. The Morgan fingerprint density at radius 1 is 0.914 bits per heavy atom. The van der Waals surface area contributed by atoms with Crippen molar-refractivity contribution in [2.45, 2.75) is 10.9 Å². The maximum Gasteiger partial charge on any atom is 0.261 e. The second-order valence-electron chi connectivity index (χ2n) is 8.65. The van der Waals surface area contributed by atoms with Crippen molar-refractivity contribution in [3.63, 3.8) is 0 Å². The van der Waals surface area contributed by atoms with E-state index in [2.05, 4.69) is 26.9 Å². The van der Waals surface area contributed by atoms with Crippen LogP contribution in [0.2, 0.25) is 0 Å². The predicted molar refractivity (Wildman–Crippen MR) is 134 cm³/mol. The fraction of sp³-hybridized carbons (Fsp3) is 0.269. The molecule has 0 aromatic heterocycles. The fourth-order valence-electron chi connectivity index (χ4n) is 3.98. The van der Waals surface area contributed by atoms with Gasteiger partial charge in [-0.25, -0.2) is 12.8 Å². The molecule has 1 atom stereocenters. The van der Waals surface area contributed by atoms with Gasteiger partial charge in [0, 0.05) is 38.3 Å². The van der Waals surface area contributed by atoms with Crippen LogP contribution in [0.5, 0.6) is 0 Å². The second kappa shape index (κ2) is 11.0. The quantitative estimate of drug-likeness (QED) is 0.500. The Bertz CT molecular complexity index is 1250. The molecule has 1 saturated heterocycles. The van der Waals surface area contributed by atoms with Gasteiger partial charge in [0.15, 0.2) is 0 Å². The molecule has 1 amide bonds. The Morgan fingerprint density at radius 3 is 2.20 bits per heavy atom. The van der Waals surface area contributed by atoms with Gasteiger partial charge in [0.25, 0.3) is 15.9 Å². The molecule has 0 spiro atoms. The van der Waals surface area contributed by atoms with Crippen molar-refractivity contribution < 1.29 is 17.6 Å². The van der Waals surface area contributed by atoms with Crippen molar-refractivity contribution in [2.75, 3.05) is 44.5 Å². The van der Waals surface area contributed by atoms with Gasteiger partial charge in [-0.2, -0.15) is 0 Å². The molecule has 2 N–H and O–H groups in total. The Hall–Kier alpha value is -3.27. The first-order chi connectivity index (χ1) is 16.8. The van der Waals surface area contributed by atoms with Crippen LogP contribution in [0.15, 0.2) is 83.8 Å². The number of anilines is 1. The Balaban J connectivity index is 1.47. The first-order valence-corrected chi connectivity index (χ1v) is 12.9. The van der Waals surface area contributed by atoms with Crippen LogP contribution in [-0.2, 0) is 10.0 Å². The van der Waals surface area contributed by atoms with E-state index in [1.165, 1.54) is 42.5 Å². The van der Waals surface area contributed by atoms with Crippen LogP contribution >= 0.6 is 0 Å². The van der Waals surface area contributed by atoms with E-state index in [4.69, 9.17) is 0 Å². The first kappa shape index (κ1) is 24.8. The number of sulfonamides is 1. The third-order valence-electron chi connectivity index (χ3n) is 6.09. The number of benzene rings is 3. The van der Waals surface area contributed by atoms with E-state index in [1.807, 2.05) is 30.3 Å². The summed E-state index contributed by atoms with van der Waals surface area (Å²) in [6, 6.07) is 20.8. The number of hydrogen-bond donors (Lipinski definition) is 2. The average Bonchev–Trinajstić information content (AvgIpc) is 2.87. The summed E-state index contributed by atoms with van der Waals surface area (Å²) >= 11 is 0. The maximum atomic E-state index is 13.9. The number of amides is 1. The fourth-order valence-corrected chi connectivity index (χ4v) is 5.05. The highest BCUT2D eigenvalue weighted by atomic mass is 32.2. The number of nitrogens with one attached hydrogen (secondary N) is 2. The molecule has 7 nitrogen and oxygen atoms in total. The molecule has 1 aliphatic rings. The minimum atomic E-state index is -4.00. The highest BCUT2D eigenvalue weighted by Crippen LogP contribution is 2.20. The number of piperazine rings is 1. The summed E-state index contributed by atoms with van der Waals surface area (Å²) < 4.78 is 41.4. The molecule has 35 heavy (non-hydrogen) atoms. The molecule has 1 unspecified atom stereocenters. The number of hydrogen-bond acceptors (Lipinski definition) is 5. The molecule has 4 rings (SSSR count). The van der Waals surface area contributed by atoms with Crippen LogP contribution in [-0.4, -0.2) is 63.9 Å². The van der Waals surface area contributed by atoms with E-state index in [9.17, 15) is 17.6 Å². The minimum Gasteiger partial charge on any atom is -0.344 e. The van der Waals surface area contributed by atoms with E-state index in [0.29, 0.717) is 12.1 Å². The molecule has 1 heterocycles. The molecule has 0 bridgehead atoms. The lowest BCUT2D eigenvalue weighted by molar-refractivity contribution is 0.0907. The minimum absolute atomic E-state index is 0.0608. The molecule has 9 heteroatoms. The van der Waals surface area contributed by atoms with E-state index in [-0.39, 0.29) is 22.5 Å². The smallest absolute Gasteiger partial charge is 0.261 e. The summed E-state index contributed by atoms with van der Waals surface area (Å²) in [7, 11) is -1.90. The Labute approximate surface area is 205 Å². The summed E-state index contributed by atoms with van der Waals surface area (Å²) in [5, 5.41) is 3.10. The lowest BCUT2D eigenvalue weighted by atomic mass is 10.0. The summed E-state index contributed by atoms with van der Waals surface area (Å²) in [6.45, 7) is 4.50. The van der Waals surface area contributed by atoms with Gasteiger partial charge in [0.1, 0.15) is 5.82 Å². The zero-order valence-corrected chi connectivity index (χ0v) is 20.3. The summed E-state index contributed by atoms with van der Waals surface area (Å²) in [5.41, 5.74) is 1.21. The lowest BCUT2D eigenvalue weighted by Gasteiger charge is -2.35. The van der Waals surface area contributed by atoms with Gasteiger partial charge in [0.05, 0.1) is 16.6 Å². The number of carbonyl (C=O) groups excluding carboxylic acids is 1. The van der Waals surface area contributed by atoms with Crippen LogP contribution in [0.4, 0.5) is 10.1 Å². The molecule has 184 valence electrons. The molecule has 0 aliphatic carbocycles. The largest absolute Gasteiger partial charge is 0.344 e. The number of carbonyl (C=O) groups is 1. The van der Waals surface area contributed by atoms with E-state index < -0.39 is 15.8 Å². The molecule has 1 fully saturated rings. The van der Waals surface area contributed by atoms with E-state index in [1.54, 1.807) is 6.07 Å². The van der Waals surface area contributed by atoms with Crippen molar-refractivity contribution in [2.24, 2.45) is 0 Å². The average molecular weight is 497 g/mol. The van der Waals surface area contributed by atoms with Gasteiger partial charge in [-0.3, -0.25) is 14.4 Å². The van der Waals surface area contributed by atoms with Crippen molar-refractivity contribution in [1.82, 2.24) is 15.1 Å². The number of likely N-dealkylation sites (N-methyl/N-ethyl adjacent to an activating group) is 1. The summed E-state index contributed by atoms with van der Waals surface area (Å²) in [6.07, 6.45) is 0. The zero-order chi connectivity index (χ0) is 24.8. The second-order valence-corrected chi connectivity index (χ2v) is 10.3. The number of nitrogens with zero attached hydrogens (tertiary/aromatic N) is 2. The molecule has 3 aromatic carbocycles. The van der Waals surface area contributed by atoms with Gasteiger partial charge >= 0.3 is 0 Å². The normalized spacial score (nSPS) is 15.9. The van der Waals surface area contributed by atoms with Crippen LogP contribution < -0.4 is 10.0 Å². The standard InChI is InChI=1S/C26H29FN4O3S/c1-30-15-17-31(18-16-30)19-25(20-7-3-2-4-8-20)28-26(32)21-11-13-22(14-12-21)35(33,34)29-24-10-6-5-9-23(24)27/h2-14,25,29H,15-19H2,1H3,(H,28,32). The molecule has 1 aliphatic heterocycles. The topological polar surface area (TPSA) is 81.8 Å². The van der Waals surface area contributed by atoms with Crippen molar-refractivity contribution in [3.05, 3.63) is 95.8 Å². The number of para-hydroxylation sites is 1. The maximum absolute atomic E-state index is 13.9. The van der Waals surface area contributed by atoms with Gasteiger partial charge in [-0.15, -0.1) is 0 Å². The van der Waals surface area contributed by atoms with Crippen molar-refractivity contribution in [3.8, 4) is 0 Å². The highest BCUT2D eigenvalue weighted by molar-refractivity contribution is 7.92. The number of rotatable bonds is 8. The molecular weight excluding hydrogens is 467 g/mol. The number of halogens is 1. The Morgan fingerprint density at radius 2 is 1.54 bits per heavy atom. The molecular formula is C26H29FN4O3S. The monoisotopic (exact) mass is 496 g/mol. The SMILES string of the molecule is CN1CCN(CC(NC(=O)c2ccc(S(=O)(=O)Nc3ccccc3F)cc2)c2ccccc2)CC1. The van der Waals surface area contributed by atoms with Crippen LogP contribution in [0.3, 0.4) is 0 Å². The van der Waals surface area contributed by atoms with Gasteiger partial charge in [0.2, 0.25) is 0 Å². The van der Waals surface area contributed by atoms with E-state index >= 15 is 0 Å². The molecule has 0 radical (unpaired) electrons. The molecule has 0 saturated carbocycles. The van der Waals surface area contributed by atoms with Gasteiger partial charge in [-0.1, -0.05) is 42.5 Å².